The van der Waals surface area contributed by atoms with Gasteiger partial charge in [-0.2, -0.15) is 0 Å². The first-order valence-electron chi connectivity index (χ1n) is 8.72. The minimum Gasteiger partial charge on any atom is -0.468 e. The molecular formula is C22H27NO2. The summed E-state index contributed by atoms with van der Waals surface area (Å²) in [4.78, 5) is 12.2. The molecule has 3 heteroatoms. The second-order valence-corrected chi connectivity index (χ2v) is 6.53. The Labute approximate surface area is 150 Å². The van der Waals surface area contributed by atoms with Gasteiger partial charge in [0.05, 0.1) is 13.2 Å². The Bertz CT molecular complexity index is 665. The molecule has 2 atom stereocenters. The van der Waals surface area contributed by atoms with Crippen molar-refractivity contribution in [2.45, 2.75) is 32.4 Å². The van der Waals surface area contributed by atoms with E-state index in [0.717, 1.165) is 17.5 Å². The molecule has 0 spiro atoms. The highest BCUT2D eigenvalue weighted by Gasteiger charge is 2.23. The van der Waals surface area contributed by atoms with Crippen molar-refractivity contribution in [3.8, 4) is 0 Å². The van der Waals surface area contributed by atoms with Gasteiger partial charge in [-0.3, -0.25) is 10.1 Å². The first-order chi connectivity index (χ1) is 12.1. The van der Waals surface area contributed by atoms with Crippen molar-refractivity contribution < 1.29 is 9.53 Å². The van der Waals surface area contributed by atoms with Crippen LogP contribution in [0.3, 0.4) is 0 Å². The number of methoxy groups -OCH3 is 1. The zero-order valence-electron chi connectivity index (χ0n) is 15.2. The molecule has 0 amide bonds. The third-order valence-corrected chi connectivity index (χ3v) is 4.01. The topological polar surface area (TPSA) is 38.3 Å². The van der Waals surface area contributed by atoms with Crippen molar-refractivity contribution >= 4 is 12.0 Å². The molecule has 2 aromatic rings. The maximum absolute atomic E-state index is 12.2. The smallest absolute Gasteiger partial charge is 0.322 e. The van der Waals surface area contributed by atoms with Crippen LogP contribution in [0.25, 0.3) is 6.08 Å². The summed E-state index contributed by atoms with van der Waals surface area (Å²) in [6, 6.07) is 19.9. The fourth-order valence-corrected chi connectivity index (χ4v) is 2.76. The largest absolute Gasteiger partial charge is 0.468 e. The molecule has 25 heavy (non-hydrogen) atoms. The number of nitrogens with one attached hydrogen (secondary N) is 1. The molecule has 3 nitrogen and oxygen atoms in total. The van der Waals surface area contributed by atoms with Crippen LogP contribution in [0, 0.1) is 5.92 Å². The molecule has 0 saturated carbocycles. The van der Waals surface area contributed by atoms with Crippen LogP contribution in [-0.4, -0.2) is 19.1 Å². The maximum Gasteiger partial charge on any atom is 0.322 e. The number of hydrogen-bond acceptors (Lipinski definition) is 3. The Morgan fingerprint density at radius 3 is 2.20 bits per heavy atom. The molecule has 2 aromatic carbocycles. The van der Waals surface area contributed by atoms with E-state index in [1.54, 1.807) is 0 Å². The van der Waals surface area contributed by atoms with Gasteiger partial charge < -0.3 is 4.74 Å². The number of ether oxygens (including phenoxy) is 1. The van der Waals surface area contributed by atoms with Crippen LogP contribution < -0.4 is 5.32 Å². The molecule has 0 aromatic heterocycles. The van der Waals surface area contributed by atoms with Crippen molar-refractivity contribution in [3.05, 3.63) is 77.9 Å². The van der Waals surface area contributed by atoms with Crippen LogP contribution in [0.1, 0.15) is 37.4 Å². The van der Waals surface area contributed by atoms with Gasteiger partial charge in [0.2, 0.25) is 0 Å². The molecule has 132 valence electrons. The maximum atomic E-state index is 12.2. The summed E-state index contributed by atoms with van der Waals surface area (Å²) in [5, 5.41) is 3.46. The molecular weight excluding hydrogens is 310 g/mol. The molecule has 1 N–H and O–H groups in total. The van der Waals surface area contributed by atoms with E-state index in [1.807, 2.05) is 36.4 Å². The predicted molar refractivity (Wildman–Crippen MR) is 103 cm³/mol. The van der Waals surface area contributed by atoms with Gasteiger partial charge in [-0.15, -0.1) is 0 Å². The lowest BCUT2D eigenvalue weighted by Gasteiger charge is -2.24. The summed E-state index contributed by atoms with van der Waals surface area (Å²) in [6.45, 7) is 4.21. The minimum atomic E-state index is -0.337. The highest BCUT2D eigenvalue weighted by molar-refractivity contribution is 5.75. The molecule has 0 unspecified atom stereocenters. The van der Waals surface area contributed by atoms with Gasteiger partial charge >= 0.3 is 5.97 Å². The van der Waals surface area contributed by atoms with E-state index >= 15 is 0 Å². The minimum absolute atomic E-state index is 0.0655. The number of benzene rings is 2. The zero-order chi connectivity index (χ0) is 18.1. The molecule has 0 fully saturated rings. The van der Waals surface area contributed by atoms with E-state index < -0.39 is 0 Å². The van der Waals surface area contributed by atoms with Crippen LogP contribution in [0.15, 0.2) is 66.7 Å². The molecule has 2 rings (SSSR count). The van der Waals surface area contributed by atoms with E-state index in [0.29, 0.717) is 5.92 Å². The van der Waals surface area contributed by atoms with Crippen molar-refractivity contribution in [1.29, 1.82) is 0 Å². The van der Waals surface area contributed by atoms with Gasteiger partial charge in [-0.05, 0) is 23.5 Å². The Morgan fingerprint density at radius 1 is 1.04 bits per heavy atom. The normalized spacial score (nSPS) is 13.8. The van der Waals surface area contributed by atoms with Crippen LogP contribution in [-0.2, 0) is 9.53 Å². The number of carbonyl (C=O) groups excluding carboxylic acids is 1. The lowest BCUT2D eigenvalue weighted by atomic mass is 9.99. The Hall–Kier alpha value is -2.39. The van der Waals surface area contributed by atoms with E-state index in [1.165, 1.54) is 7.11 Å². The lowest BCUT2D eigenvalue weighted by molar-refractivity contribution is -0.143. The average molecular weight is 337 g/mol. The molecule has 0 saturated heterocycles. The molecule has 0 aliphatic heterocycles. The Kier molecular flexibility index (Phi) is 7.42. The number of esters is 1. The van der Waals surface area contributed by atoms with Gasteiger partial charge in [0.25, 0.3) is 0 Å². The molecule has 0 heterocycles. The summed E-state index contributed by atoms with van der Waals surface area (Å²) >= 11 is 0. The van der Waals surface area contributed by atoms with Crippen molar-refractivity contribution in [1.82, 2.24) is 5.32 Å². The first-order valence-corrected chi connectivity index (χ1v) is 8.72. The van der Waals surface area contributed by atoms with Gasteiger partial charge in [0.1, 0.15) is 6.04 Å². The van der Waals surface area contributed by atoms with E-state index in [2.05, 4.69) is 55.6 Å². The van der Waals surface area contributed by atoms with Crippen molar-refractivity contribution in [3.63, 3.8) is 0 Å². The van der Waals surface area contributed by atoms with Gasteiger partial charge in [-0.25, -0.2) is 0 Å². The van der Waals surface area contributed by atoms with Crippen molar-refractivity contribution in [2.24, 2.45) is 5.92 Å². The lowest BCUT2D eigenvalue weighted by Crippen LogP contribution is -2.40. The van der Waals surface area contributed by atoms with E-state index in [-0.39, 0.29) is 18.1 Å². The monoisotopic (exact) mass is 337 g/mol. The molecule has 0 bridgehead atoms. The second kappa shape index (κ2) is 9.80. The van der Waals surface area contributed by atoms with Gasteiger partial charge in [-0.1, -0.05) is 86.7 Å². The highest BCUT2D eigenvalue weighted by Crippen LogP contribution is 2.19. The number of rotatable bonds is 8. The Morgan fingerprint density at radius 2 is 1.64 bits per heavy atom. The second-order valence-electron chi connectivity index (χ2n) is 6.53. The fourth-order valence-electron chi connectivity index (χ4n) is 2.76. The first kappa shape index (κ1) is 18.9. The van der Waals surface area contributed by atoms with Crippen LogP contribution in [0.4, 0.5) is 0 Å². The summed E-state index contributed by atoms with van der Waals surface area (Å²) in [5.41, 5.74) is 2.25. The van der Waals surface area contributed by atoms with E-state index in [9.17, 15) is 4.79 Å². The van der Waals surface area contributed by atoms with E-state index in [4.69, 9.17) is 4.74 Å². The SMILES string of the molecule is COC(=O)[C@@H](CC(C)C)N[C@H](/C=C/c1ccccc1)c1ccccc1. The highest BCUT2D eigenvalue weighted by atomic mass is 16.5. The number of hydrogen-bond donors (Lipinski definition) is 1. The third-order valence-electron chi connectivity index (χ3n) is 4.01. The molecule has 0 radical (unpaired) electrons. The number of carbonyl (C=O) groups is 1. The van der Waals surface area contributed by atoms with Crippen LogP contribution >= 0.6 is 0 Å². The average Bonchev–Trinajstić information content (AvgIpc) is 2.64. The summed E-state index contributed by atoms with van der Waals surface area (Å²) in [5.74, 6) is 0.175. The predicted octanol–water partition coefficient (Wildman–Crippen LogP) is 4.62. The Balaban J connectivity index is 2.24. The summed E-state index contributed by atoms with van der Waals surface area (Å²) in [7, 11) is 1.44. The molecule has 0 aliphatic rings. The summed E-state index contributed by atoms with van der Waals surface area (Å²) in [6.07, 6.45) is 4.91. The molecule has 0 aliphatic carbocycles. The van der Waals surface area contributed by atoms with Crippen molar-refractivity contribution in [2.75, 3.05) is 7.11 Å². The van der Waals surface area contributed by atoms with Gasteiger partial charge in [0.15, 0.2) is 0 Å². The van der Waals surface area contributed by atoms with Gasteiger partial charge in [0, 0.05) is 0 Å². The standard InChI is InChI=1S/C22H27NO2/c1-17(2)16-21(22(24)25-3)23-20(19-12-8-5-9-13-19)15-14-18-10-6-4-7-11-18/h4-15,17,20-21,23H,16H2,1-3H3/b15-14+/t20-,21-/m1/s1. The summed E-state index contributed by atoms with van der Waals surface area (Å²) < 4.78 is 4.99. The quantitative estimate of drug-likeness (QED) is 0.714. The van der Waals surface area contributed by atoms with Crippen LogP contribution in [0.5, 0.6) is 0 Å². The zero-order valence-corrected chi connectivity index (χ0v) is 15.2. The fraction of sp³-hybridized carbons (Fsp3) is 0.318. The third kappa shape index (κ3) is 6.20. The van der Waals surface area contributed by atoms with Crippen LogP contribution in [0.2, 0.25) is 0 Å².